The molecule has 2 N–H and O–H groups in total. The van der Waals surface area contributed by atoms with Crippen molar-refractivity contribution < 1.29 is 17.6 Å². The highest BCUT2D eigenvalue weighted by Crippen LogP contribution is 2.11. The number of carbonyl (C=O) groups excluding carboxylic acids is 1. The average molecular weight is 377 g/mol. The molecule has 2 aromatic rings. The lowest BCUT2D eigenvalue weighted by Crippen LogP contribution is -2.24. The van der Waals surface area contributed by atoms with Gasteiger partial charge in [-0.15, -0.1) is 0 Å². The Morgan fingerprint density at radius 2 is 1.62 bits per heavy atom. The molecule has 0 spiro atoms. The van der Waals surface area contributed by atoms with Crippen LogP contribution < -0.4 is 10.1 Å². The second-order valence-electron chi connectivity index (χ2n) is 5.57. The molecule has 2 aromatic carbocycles. The number of nitrogens with zero attached hydrogens (tertiary/aromatic N) is 1. The van der Waals surface area contributed by atoms with Gasteiger partial charge in [-0.05, 0) is 55.3 Å². The van der Waals surface area contributed by atoms with Gasteiger partial charge in [0.25, 0.3) is 5.91 Å². The summed E-state index contributed by atoms with van der Waals surface area (Å²) < 4.78 is 39.4. The number of halogens is 1. The van der Waals surface area contributed by atoms with Crippen LogP contribution in [-0.4, -0.2) is 26.6 Å². The van der Waals surface area contributed by atoms with Gasteiger partial charge in [-0.3, -0.25) is 4.79 Å². The molecule has 26 heavy (non-hydrogen) atoms. The summed E-state index contributed by atoms with van der Waals surface area (Å²) >= 11 is 0. The Kier molecular flexibility index (Phi) is 6.59. The predicted octanol–water partition coefficient (Wildman–Crippen LogP) is 2.67. The normalized spacial score (nSPS) is 12.0. The minimum absolute atomic E-state index is 0.165. The minimum atomic E-state index is -3.52. The molecule has 0 aromatic heterocycles. The number of sulfonamides is 1. The maximum absolute atomic E-state index is 12.9. The third-order valence-electron chi connectivity index (χ3n) is 3.56. The molecule has 1 amide bonds. The highest BCUT2D eigenvalue weighted by molar-refractivity contribution is 7.89. The van der Waals surface area contributed by atoms with E-state index in [1.807, 2.05) is 6.92 Å². The fourth-order valence-corrected chi connectivity index (χ4v) is 3.19. The summed E-state index contributed by atoms with van der Waals surface area (Å²) in [6.45, 7) is 3.94. The summed E-state index contributed by atoms with van der Waals surface area (Å²) in [6, 6.07) is 11.3. The van der Waals surface area contributed by atoms with Crippen LogP contribution in [0.4, 0.5) is 4.39 Å². The lowest BCUT2D eigenvalue weighted by molar-refractivity contribution is 0.0955. The van der Waals surface area contributed by atoms with Gasteiger partial charge in [0.15, 0.2) is 0 Å². The molecule has 0 fully saturated rings. The summed E-state index contributed by atoms with van der Waals surface area (Å²) in [5.74, 6) is -0.892. The van der Waals surface area contributed by atoms with Crippen LogP contribution in [-0.2, 0) is 10.0 Å². The summed E-state index contributed by atoms with van der Waals surface area (Å²) in [6.07, 6.45) is 0.705. The van der Waals surface area contributed by atoms with E-state index in [9.17, 15) is 17.6 Å². The fraction of sp³-hybridized carbons (Fsp3) is 0.222. The number of hydrazone groups is 1. The topological polar surface area (TPSA) is 87.6 Å². The fourth-order valence-electron chi connectivity index (χ4n) is 2.06. The zero-order valence-electron chi connectivity index (χ0n) is 14.5. The van der Waals surface area contributed by atoms with E-state index >= 15 is 0 Å². The van der Waals surface area contributed by atoms with Gasteiger partial charge in [-0.25, -0.2) is 23.0 Å². The molecule has 0 radical (unpaired) electrons. The molecular formula is C18H20FN3O3S. The summed E-state index contributed by atoms with van der Waals surface area (Å²) in [4.78, 5) is 12.1. The lowest BCUT2D eigenvalue weighted by atomic mass is 10.1. The Bertz CT molecular complexity index is 892. The van der Waals surface area contributed by atoms with Gasteiger partial charge >= 0.3 is 0 Å². The molecule has 0 heterocycles. The van der Waals surface area contributed by atoms with Crippen molar-refractivity contribution in [2.24, 2.45) is 5.10 Å². The lowest BCUT2D eigenvalue weighted by Gasteiger charge is -2.07. The van der Waals surface area contributed by atoms with E-state index in [1.54, 1.807) is 19.1 Å². The van der Waals surface area contributed by atoms with Gasteiger partial charge in [0.1, 0.15) is 5.82 Å². The van der Waals surface area contributed by atoms with Crippen molar-refractivity contribution in [2.45, 2.75) is 25.2 Å². The first-order valence-corrected chi connectivity index (χ1v) is 9.52. The largest absolute Gasteiger partial charge is 0.271 e. The second kappa shape index (κ2) is 8.68. The van der Waals surface area contributed by atoms with Gasteiger partial charge in [0.2, 0.25) is 10.0 Å². The van der Waals surface area contributed by atoms with Crippen LogP contribution in [0.25, 0.3) is 0 Å². The third kappa shape index (κ3) is 5.21. The molecule has 0 unspecified atom stereocenters. The molecule has 0 saturated heterocycles. The Balaban J connectivity index is 2.07. The molecule has 0 aliphatic carbocycles. The number of nitrogens with one attached hydrogen (secondary N) is 2. The van der Waals surface area contributed by atoms with Crippen molar-refractivity contribution in [3.05, 3.63) is 65.5 Å². The molecular weight excluding hydrogens is 357 g/mol. The zero-order chi connectivity index (χ0) is 19.2. The first-order valence-electron chi connectivity index (χ1n) is 8.04. The smallest absolute Gasteiger partial charge is 0.267 e. The number of benzene rings is 2. The average Bonchev–Trinajstić information content (AvgIpc) is 2.65. The standard InChI is InChI=1S/C18H20FN3O3S/c1-3-12-20-26(24,25)17-10-6-14(7-11-17)13(2)21-22-18(23)15-4-8-16(19)9-5-15/h4-11,20H,3,12H2,1-2H3,(H,22,23)/b21-13-. The van der Waals surface area contributed by atoms with E-state index < -0.39 is 21.7 Å². The monoisotopic (exact) mass is 377 g/mol. The van der Waals surface area contributed by atoms with Gasteiger partial charge in [0.05, 0.1) is 10.6 Å². The van der Waals surface area contributed by atoms with Crippen molar-refractivity contribution in [1.29, 1.82) is 0 Å². The van der Waals surface area contributed by atoms with Gasteiger partial charge in [0, 0.05) is 12.1 Å². The second-order valence-corrected chi connectivity index (χ2v) is 7.33. The van der Waals surface area contributed by atoms with Crippen LogP contribution in [0.2, 0.25) is 0 Å². The molecule has 0 aliphatic heterocycles. The summed E-state index contributed by atoms with van der Waals surface area (Å²) in [7, 11) is -3.52. The number of amides is 1. The van der Waals surface area contributed by atoms with Gasteiger partial charge in [-0.2, -0.15) is 5.10 Å². The maximum Gasteiger partial charge on any atom is 0.271 e. The van der Waals surface area contributed by atoms with Crippen molar-refractivity contribution in [3.63, 3.8) is 0 Å². The van der Waals surface area contributed by atoms with E-state index in [2.05, 4.69) is 15.2 Å². The van der Waals surface area contributed by atoms with Crippen LogP contribution in [0.15, 0.2) is 58.5 Å². The van der Waals surface area contributed by atoms with E-state index in [0.29, 0.717) is 24.2 Å². The highest BCUT2D eigenvalue weighted by atomic mass is 32.2. The van der Waals surface area contributed by atoms with Crippen molar-refractivity contribution in [1.82, 2.24) is 10.1 Å². The molecule has 0 aliphatic rings. The molecule has 138 valence electrons. The van der Waals surface area contributed by atoms with Gasteiger partial charge in [-0.1, -0.05) is 19.1 Å². The minimum Gasteiger partial charge on any atom is -0.267 e. The van der Waals surface area contributed by atoms with Crippen LogP contribution in [0.3, 0.4) is 0 Å². The van der Waals surface area contributed by atoms with Crippen LogP contribution in [0, 0.1) is 5.82 Å². The van der Waals surface area contributed by atoms with Crippen LogP contribution in [0.5, 0.6) is 0 Å². The number of hydrogen-bond donors (Lipinski definition) is 2. The molecule has 8 heteroatoms. The van der Waals surface area contributed by atoms with Crippen molar-refractivity contribution >= 4 is 21.6 Å². The van der Waals surface area contributed by atoms with E-state index in [0.717, 1.165) is 0 Å². The van der Waals surface area contributed by atoms with E-state index in [1.165, 1.54) is 36.4 Å². The van der Waals surface area contributed by atoms with Gasteiger partial charge < -0.3 is 0 Å². The summed E-state index contributed by atoms with van der Waals surface area (Å²) in [5, 5.41) is 3.99. The molecule has 0 atom stereocenters. The SMILES string of the molecule is CCCNS(=O)(=O)c1ccc(/C(C)=N\NC(=O)c2ccc(F)cc2)cc1. The Labute approximate surface area is 152 Å². The Morgan fingerprint density at radius 1 is 1.04 bits per heavy atom. The Hall–Kier alpha value is -2.58. The molecule has 0 saturated carbocycles. The number of carbonyl (C=O) groups is 1. The van der Waals surface area contributed by atoms with Crippen LogP contribution >= 0.6 is 0 Å². The number of hydrogen-bond acceptors (Lipinski definition) is 4. The van der Waals surface area contributed by atoms with E-state index in [-0.39, 0.29) is 10.5 Å². The van der Waals surface area contributed by atoms with Crippen molar-refractivity contribution in [3.8, 4) is 0 Å². The molecule has 2 rings (SSSR count). The quantitative estimate of drug-likeness (QED) is 0.574. The van der Waals surface area contributed by atoms with Crippen LogP contribution in [0.1, 0.15) is 36.2 Å². The first-order chi connectivity index (χ1) is 12.3. The molecule has 6 nitrogen and oxygen atoms in total. The maximum atomic E-state index is 12.9. The Morgan fingerprint density at radius 3 is 2.19 bits per heavy atom. The highest BCUT2D eigenvalue weighted by Gasteiger charge is 2.13. The van der Waals surface area contributed by atoms with Crippen molar-refractivity contribution in [2.75, 3.05) is 6.54 Å². The first kappa shape index (κ1) is 19.7. The number of rotatable bonds is 7. The summed E-state index contributed by atoms with van der Waals surface area (Å²) in [5.41, 5.74) is 3.84. The molecule has 0 bridgehead atoms. The zero-order valence-corrected chi connectivity index (χ0v) is 15.3. The predicted molar refractivity (Wildman–Crippen MR) is 98.0 cm³/mol. The van der Waals surface area contributed by atoms with E-state index in [4.69, 9.17) is 0 Å². The third-order valence-corrected chi connectivity index (χ3v) is 5.03.